The molecule has 8 heteroatoms. The molecule has 3 N–H and O–H groups in total. The maximum atomic E-state index is 13.1. The zero-order valence-electron chi connectivity index (χ0n) is 18.2. The van der Waals surface area contributed by atoms with E-state index >= 15 is 0 Å². The van der Waals surface area contributed by atoms with Crippen molar-refractivity contribution < 1.29 is 18.7 Å². The maximum Gasteiger partial charge on any atom is 0.255 e. The molecule has 0 fully saturated rings. The van der Waals surface area contributed by atoms with Crippen LogP contribution in [0.5, 0.6) is 5.75 Å². The van der Waals surface area contributed by atoms with Gasteiger partial charge in [-0.1, -0.05) is 11.6 Å². The second-order valence-corrected chi connectivity index (χ2v) is 7.77. The molecule has 3 aromatic rings. The molecule has 2 amide bonds. The van der Waals surface area contributed by atoms with E-state index in [2.05, 4.69) is 5.32 Å². The molecule has 3 rings (SSSR count). The zero-order valence-corrected chi connectivity index (χ0v) is 18.9. The van der Waals surface area contributed by atoms with Crippen molar-refractivity contribution in [3.05, 3.63) is 94.3 Å². The van der Waals surface area contributed by atoms with Crippen molar-refractivity contribution >= 4 is 29.1 Å². The molecule has 6 nitrogen and oxygen atoms in total. The van der Waals surface area contributed by atoms with E-state index in [1.54, 1.807) is 54.5 Å². The van der Waals surface area contributed by atoms with Crippen LogP contribution in [0.1, 0.15) is 32.7 Å². The summed E-state index contributed by atoms with van der Waals surface area (Å²) in [7, 11) is 1.56. The highest BCUT2D eigenvalue weighted by molar-refractivity contribution is 6.31. The fraction of sp³-hybridized carbons (Fsp3) is 0.200. The molecule has 33 heavy (non-hydrogen) atoms. The van der Waals surface area contributed by atoms with E-state index in [4.69, 9.17) is 22.1 Å². The molecule has 0 saturated heterocycles. The number of hydrogen-bond donors (Lipinski definition) is 2. The van der Waals surface area contributed by atoms with Crippen LogP contribution in [-0.2, 0) is 6.54 Å². The molecule has 172 valence electrons. The molecule has 0 unspecified atom stereocenters. The number of nitrogens with two attached hydrogens (primary N) is 1. The third kappa shape index (κ3) is 6.54. The van der Waals surface area contributed by atoms with Crippen molar-refractivity contribution in [1.82, 2.24) is 4.90 Å². The topological polar surface area (TPSA) is 84.7 Å². The van der Waals surface area contributed by atoms with Crippen LogP contribution in [0.25, 0.3) is 0 Å². The molecule has 0 aliphatic heterocycles. The van der Waals surface area contributed by atoms with Crippen LogP contribution in [-0.4, -0.2) is 36.9 Å². The summed E-state index contributed by atoms with van der Waals surface area (Å²) in [6.45, 7) is 1.13. The second-order valence-electron chi connectivity index (χ2n) is 7.36. The molecule has 3 aromatic carbocycles. The number of nitrogens with zero attached hydrogens (tertiary/aromatic N) is 1. The summed E-state index contributed by atoms with van der Waals surface area (Å²) < 4.78 is 18.3. The Morgan fingerprint density at radius 1 is 1.03 bits per heavy atom. The predicted molar refractivity (Wildman–Crippen MR) is 127 cm³/mol. The van der Waals surface area contributed by atoms with E-state index in [0.717, 1.165) is 0 Å². The number of anilines is 1. The van der Waals surface area contributed by atoms with Crippen LogP contribution >= 0.6 is 11.6 Å². The van der Waals surface area contributed by atoms with E-state index < -0.39 is 5.82 Å². The van der Waals surface area contributed by atoms with E-state index in [1.807, 2.05) is 0 Å². The van der Waals surface area contributed by atoms with Gasteiger partial charge in [0.15, 0.2) is 0 Å². The van der Waals surface area contributed by atoms with Crippen molar-refractivity contribution in [2.45, 2.75) is 13.0 Å². The maximum absolute atomic E-state index is 13.1. The van der Waals surface area contributed by atoms with Gasteiger partial charge in [0.1, 0.15) is 11.6 Å². The Bertz CT molecular complexity index is 1100. The molecule has 0 radical (unpaired) electrons. The smallest absolute Gasteiger partial charge is 0.255 e. The largest absolute Gasteiger partial charge is 0.497 e. The summed E-state index contributed by atoms with van der Waals surface area (Å²) >= 11 is 6.40. The van der Waals surface area contributed by atoms with E-state index in [9.17, 15) is 14.0 Å². The molecule has 0 atom stereocenters. The summed E-state index contributed by atoms with van der Waals surface area (Å²) in [6, 6.07) is 17.2. The van der Waals surface area contributed by atoms with Crippen LogP contribution in [0.15, 0.2) is 66.7 Å². The Morgan fingerprint density at radius 2 is 1.70 bits per heavy atom. The number of amides is 2. The first-order chi connectivity index (χ1) is 15.9. The van der Waals surface area contributed by atoms with Gasteiger partial charge in [0.05, 0.1) is 7.11 Å². The number of ether oxygens (including phenoxy) is 1. The Balaban J connectivity index is 1.79. The minimum Gasteiger partial charge on any atom is -0.497 e. The van der Waals surface area contributed by atoms with Crippen LogP contribution in [0, 0.1) is 5.82 Å². The lowest BCUT2D eigenvalue weighted by Gasteiger charge is -2.24. The molecule has 0 saturated carbocycles. The van der Waals surface area contributed by atoms with Crippen molar-refractivity contribution in [2.24, 2.45) is 5.73 Å². The number of nitrogens with one attached hydrogen (secondary N) is 1. The van der Waals surface area contributed by atoms with Crippen molar-refractivity contribution in [3.63, 3.8) is 0 Å². The average molecular weight is 470 g/mol. The van der Waals surface area contributed by atoms with Crippen LogP contribution in [0.4, 0.5) is 10.1 Å². The lowest BCUT2D eigenvalue weighted by atomic mass is 10.1. The van der Waals surface area contributed by atoms with Crippen molar-refractivity contribution in [2.75, 3.05) is 25.5 Å². The van der Waals surface area contributed by atoms with E-state index in [0.29, 0.717) is 52.7 Å². The van der Waals surface area contributed by atoms with Gasteiger partial charge in [-0.15, -0.1) is 0 Å². The first-order valence-corrected chi connectivity index (χ1v) is 10.8. The summed E-state index contributed by atoms with van der Waals surface area (Å²) in [4.78, 5) is 27.3. The van der Waals surface area contributed by atoms with Gasteiger partial charge in [-0.3, -0.25) is 9.59 Å². The number of rotatable bonds is 9. The average Bonchev–Trinajstić information content (AvgIpc) is 2.83. The summed E-state index contributed by atoms with van der Waals surface area (Å²) in [5, 5.41) is 3.25. The lowest BCUT2D eigenvalue weighted by Crippen LogP contribution is -2.32. The minimum atomic E-state index is -0.417. The lowest BCUT2D eigenvalue weighted by molar-refractivity contribution is 0.0742. The highest BCUT2D eigenvalue weighted by atomic mass is 35.5. The van der Waals surface area contributed by atoms with Crippen LogP contribution < -0.4 is 15.8 Å². The predicted octanol–water partition coefficient (Wildman–Crippen LogP) is 4.73. The molecular formula is C25H25ClFN3O3. The molecule has 0 bridgehead atoms. The Kier molecular flexibility index (Phi) is 8.40. The quantitative estimate of drug-likeness (QED) is 0.474. The summed E-state index contributed by atoms with van der Waals surface area (Å²) in [5.74, 6) is -0.299. The molecule has 0 aliphatic rings. The minimum absolute atomic E-state index is 0.164. The molecular weight excluding hydrogens is 445 g/mol. The zero-order chi connectivity index (χ0) is 23.8. The number of carbonyl (C=O) groups excluding carboxylic acids is 2. The standard InChI is InChI=1S/C25H25ClFN3O3/c1-33-22-10-5-18(6-11-22)25(32)30(14-2-13-28)16-19-15-21(9-12-23(19)26)29-24(31)17-3-7-20(27)8-4-17/h3-12,15H,2,13-14,16,28H2,1H3,(H,29,31). The second kappa shape index (κ2) is 11.4. The summed E-state index contributed by atoms with van der Waals surface area (Å²) in [5.41, 5.74) is 7.70. The number of benzene rings is 3. The Morgan fingerprint density at radius 3 is 2.33 bits per heavy atom. The van der Waals surface area contributed by atoms with Gasteiger partial charge in [-0.05, 0) is 85.3 Å². The number of methoxy groups -OCH3 is 1. The normalized spacial score (nSPS) is 10.5. The fourth-order valence-electron chi connectivity index (χ4n) is 3.23. The first-order valence-electron chi connectivity index (χ1n) is 10.4. The third-order valence-electron chi connectivity index (χ3n) is 5.03. The van der Waals surface area contributed by atoms with E-state index in [1.165, 1.54) is 24.3 Å². The number of halogens is 2. The van der Waals surface area contributed by atoms with Crippen LogP contribution in [0.2, 0.25) is 5.02 Å². The van der Waals surface area contributed by atoms with Crippen molar-refractivity contribution in [3.8, 4) is 5.75 Å². The Labute approximate surface area is 197 Å². The molecule has 0 heterocycles. The first kappa shape index (κ1) is 24.2. The highest BCUT2D eigenvalue weighted by Crippen LogP contribution is 2.24. The van der Waals surface area contributed by atoms with Gasteiger partial charge in [-0.2, -0.15) is 0 Å². The third-order valence-corrected chi connectivity index (χ3v) is 5.40. The van der Waals surface area contributed by atoms with Crippen LogP contribution in [0.3, 0.4) is 0 Å². The van der Waals surface area contributed by atoms with Gasteiger partial charge >= 0.3 is 0 Å². The monoisotopic (exact) mass is 469 g/mol. The van der Waals surface area contributed by atoms with Crippen molar-refractivity contribution in [1.29, 1.82) is 0 Å². The van der Waals surface area contributed by atoms with Gasteiger partial charge in [-0.25, -0.2) is 4.39 Å². The highest BCUT2D eigenvalue weighted by Gasteiger charge is 2.18. The number of hydrogen-bond acceptors (Lipinski definition) is 4. The molecule has 0 aliphatic carbocycles. The van der Waals surface area contributed by atoms with Gasteiger partial charge < -0.3 is 20.7 Å². The molecule has 0 aromatic heterocycles. The number of carbonyl (C=O) groups is 2. The Hall–Kier alpha value is -3.42. The van der Waals surface area contributed by atoms with Gasteiger partial charge in [0.2, 0.25) is 0 Å². The molecule has 0 spiro atoms. The SMILES string of the molecule is COc1ccc(C(=O)N(CCCN)Cc2cc(NC(=O)c3ccc(F)cc3)ccc2Cl)cc1. The fourth-order valence-corrected chi connectivity index (χ4v) is 3.41. The summed E-state index contributed by atoms with van der Waals surface area (Å²) in [6.07, 6.45) is 0.626. The van der Waals surface area contributed by atoms with Gasteiger partial charge in [0, 0.05) is 34.9 Å². The van der Waals surface area contributed by atoms with Gasteiger partial charge in [0.25, 0.3) is 11.8 Å². The van der Waals surface area contributed by atoms with E-state index in [-0.39, 0.29) is 18.4 Å².